The molecule has 0 unspecified atom stereocenters. The molecule has 0 bridgehead atoms. The van der Waals surface area contributed by atoms with Gasteiger partial charge in [-0.1, -0.05) is 0 Å². The fourth-order valence-corrected chi connectivity index (χ4v) is 1.92. The van der Waals surface area contributed by atoms with Gasteiger partial charge in [-0.05, 0) is 37.1 Å². The Morgan fingerprint density at radius 3 is 2.44 bits per heavy atom. The summed E-state index contributed by atoms with van der Waals surface area (Å²) in [6.45, 7) is 3.96. The van der Waals surface area contributed by atoms with Gasteiger partial charge in [0.2, 0.25) is 5.91 Å². The van der Waals surface area contributed by atoms with Crippen molar-refractivity contribution < 1.29 is 9.59 Å². The Kier molecular flexibility index (Phi) is 2.42. The zero-order valence-electron chi connectivity index (χ0n) is 9.41. The summed E-state index contributed by atoms with van der Waals surface area (Å²) in [7, 11) is 0. The van der Waals surface area contributed by atoms with Crippen molar-refractivity contribution in [3.05, 3.63) is 23.3 Å². The van der Waals surface area contributed by atoms with E-state index in [-0.39, 0.29) is 24.7 Å². The Labute approximate surface area is 94.0 Å². The summed E-state index contributed by atoms with van der Waals surface area (Å²) in [5.41, 5.74) is 9.13. The first-order chi connectivity index (χ1) is 7.49. The molecular formula is C12H14N2O2. The monoisotopic (exact) mass is 218 g/mol. The maximum absolute atomic E-state index is 11.6. The van der Waals surface area contributed by atoms with Crippen molar-refractivity contribution in [3.8, 4) is 0 Å². The number of amides is 1. The first-order valence-electron chi connectivity index (χ1n) is 5.18. The number of carbonyl (C=O) groups is 2. The van der Waals surface area contributed by atoms with E-state index in [1.807, 2.05) is 26.0 Å². The van der Waals surface area contributed by atoms with Gasteiger partial charge in [0.25, 0.3) is 0 Å². The summed E-state index contributed by atoms with van der Waals surface area (Å²) < 4.78 is 0. The van der Waals surface area contributed by atoms with Crippen molar-refractivity contribution in [1.82, 2.24) is 0 Å². The van der Waals surface area contributed by atoms with Crippen LogP contribution in [0.25, 0.3) is 0 Å². The van der Waals surface area contributed by atoms with Gasteiger partial charge < -0.3 is 10.6 Å². The highest BCUT2D eigenvalue weighted by Gasteiger charge is 2.29. The van der Waals surface area contributed by atoms with Gasteiger partial charge in [-0.2, -0.15) is 0 Å². The second-order valence-electron chi connectivity index (χ2n) is 4.19. The van der Waals surface area contributed by atoms with Crippen molar-refractivity contribution in [2.75, 3.05) is 17.2 Å². The van der Waals surface area contributed by atoms with Crippen LogP contribution < -0.4 is 10.6 Å². The quantitative estimate of drug-likeness (QED) is 0.569. The van der Waals surface area contributed by atoms with E-state index in [0.29, 0.717) is 5.69 Å². The third-order valence-corrected chi connectivity index (χ3v) is 2.86. The predicted octanol–water partition coefficient (Wildman–Crippen LogP) is 1.19. The number of ketones is 1. The van der Waals surface area contributed by atoms with Crippen LogP contribution in [0.4, 0.5) is 11.4 Å². The van der Waals surface area contributed by atoms with Crippen LogP contribution in [0, 0.1) is 13.8 Å². The number of hydrogen-bond donors (Lipinski definition) is 1. The number of nitrogen functional groups attached to an aromatic ring is 1. The van der Waals surface area contributed by atoms with Crippen molar-refractivity contribution in [2.45, 2.75) is 20.3 Å². The summed E-state index contributed by atoms with van der Waals surface area (Å²) >= 11 is 0. The molecule has 2 N–H and O–H groups in total. The zero-order valence-corrected chi connectivity index (χ0v) is 9.41. The molecular weight excluding hydrogens is 204 g/mol. The van der Waals surface area contributed by atoms with Crippen molar-refractivity contribution in [1.29, 1.82) is 0 Å². The minimum atomic E-state index is -0.128. The molecule has 1 heterocycles. The molecule has 0 saturated carbocycles. The van der Waals surface area contributed by atoms with Gasteiger partial charge in [-0.3, -0.25) is 9.59 Å². The number of Topliss-reactive ketones (excluding diaryl/α,β-unsaturated/α-hetero) is 1. The molecule has 0 aliphatic carbocycles. The van der Waals surface area contributed by atoms with Gasteiger partial charge >= 0.3 is 0 Å². The lowest BCUT2D eigenvalue weighted by atomic mass is 10.1. The van der Waals surface area contributed by atoms with Crippen LogP contribution >= 0.6 is 0 Å². The molecule has 1 saturated heterocycles. The van der Waals surface area contributed by atoms with Crippen LogP contribution in [0.5, 0.6) is 0 Å². The number of aryl methyl sites for hydroxylation is 2. The van der Waals surface area contributed by atoms with E-state index in [2.05, 4.69) is 0 Å². The SMILES string of the molecule is Cc1cc(N2CC(=O)CC2=O)c(C)cc1N. The van der Waals surface area contributed by atoms with Crippen LogP contribution in [0.1, 0.15) is 17.5 Å². The summed E-state index contributed by atoms with van der Waals surface area (Å²) in [6, 6.07) is 3.70. The predicted molar refractivity (Wildman–Crippen MR) is 62.3 cm³/mol. The Morgan fingerprint density at radius 2 is 1.88 bits per heavy atom. The molecule has 2 rings (SSSR count). The molecule has 1 amide bonds. The molecule has 16 heavy (non-hydrogen) atoms. The average Bonchev–Trinajstić information content (AvgIpc) is 2.51. The second kappa shape index (κ2) is 3.63. The van der Waals surface area contributed by atoms with Gasteiger partial charge in [-0.25, -0.2) is 0 Å². The normalized spacial score (nSPS) is 16.0. The van der Waals surface area contributed by atoms with E-state index < -0.39 is 0 Å². The van der Waals surface area contributed by atoms with E-state index in [1.54, 1.807) is 0 Å². The Bertz CT molecular complexity index is 480. The van der Waals surface area contributed by atoms with Gasteiger partial charge in [0.1, 0.15) is 0 Å². The second-order valence-corrected chi connectivity index (χ2v) is 4.19. The third-order valence-electron chi connectivity index (χ3n) is 2.86. The fraction of sp³-hybridized carbons (Fsp3) is 0.333. The maximum Gasteiger partial charge on any atom is 0.234 e. The van der Waals surface area contributed by atoms with Crippen LogP contribution in [-0.2, 0) is 9.59 Å². The fourth-order valence-electron chi connectivity index (χ4n) is 1.92. The lowest BCUT2D eigenvalue weighted by Crippen LogP contribution is -2.25. The first kappa shape index (κ1) is 10.7. The number of carbonyl (C=O) groups excluding carboxylic acids is 2. The first-order valence-corrected chi connectivity index (χ1v) is 5.18. The number of nitrogens with two attached hydrogens (primary N) is 1. The van der Waals surface area contributed by atoms with Crippen LogP contribution in [0.15, 0.2) is 12.1 Å². The molecule has 1 aromatic rings. The number of benzene rings is 1. The van der Waals surface area contributed by atoms with E-state index >= 15 is 0 Å². The molecule has 1 aliphatic rings. The van der Waals surface area contributed by atoms with E-state index in [9.17, 15) is 9.59 Å². The highest BCUT2D eigenvalue weighted by atomic mass is 16.2. The lowest BCUT2D eigenvalue weighted by Gasteiger charge is -2.18. The molecule has 4 heteroatoms. The van der Waals surface area contributed by atoms with Crippen molar-refractivity contribution in [2.24, 2.45) is 0 Å². The third kappa shape index (κ3) is 1.66. The molecule has 4 nitrogen and oxygen atoms in total. The highest BCUT2D eigenvalue weighted by molar-refractivity contribution is 6.15. The smallest absolute Gasteiger partial charge is 0.234 e. The van der Waals surface area contributed by atoms with E-state index in [4.69, 9.17) is 5.73 Å². The minimum absolute atomic E-state index is 0.0167. The molecule has 1 aliphatic heterocycles. The number of anilines is 2. The number of rotatable bonds is 1. The number of hydrogen-bond acceptors (Lipinski definition) is 3. The molecule has 84 valence electrons. The summed E-state index contributed by atoms with van der Waals surface area (Å²) in [5, 5.41) is 0. The van der Waals surface area contributed by atoms with Crippen LogP contribution in [0.2, 0.25) is 0 Å². The number of nitrogens with zero attached hydrogens (tertiary/aromatic N) is 1. The van der Waals surface area contributed by atoms with Gasteiger partial charge in [0, 0.05) is 11.4 Å². The Morgan fingerprint density at radius 1 is 1.19 bits per heavy atom. The summed E-state index contributed by atoms with van der Waals surface area (Å²) in [4.78, 5) is 24.4. The average molecular weight is 218 g/mol. The minimum Gasteiger partial charge on any atom is -0.399 e. The Balaban J connectivity index is 2.45. The van der Waals surface area contributed by atoms with Crippen molar-refractivity contribution in [3.63, 3.8) is 0 Å². The van der Waals surface area contributed by atoms with E-state index in [1.165, 1.54) is 4.90 Å². The van der Waals surface area contributed by atoms with Gasteiger partial charge in [-0.15, -0.1) is 0 Å². The van der Waals surface area contributed by atoms with Crippen LogP contribution in [0.3, 0.4) is 0 Å². The highest BCUT2D eigenvalue weighted by Crippen LogP contribution is 2.28. The molecule has 0 radical (unpaired) electrons. The molecule has 0 spiro atoms. The van der Waals surface area contributed by atoms with Crippen LogP contribution in [-0.4, -0.2) is 18.2 Å². The van der Waals surface area contributed by atoms with Gasteiger partial charge in [0.05, 0.1) is 13.0 Å². The largest absolute Gasteiger partial charge is 0.399 e. The zero-order chi connectivity index (χ0) is 11.9. The Hall–Kier alpha value is -1.84. The van der Waals surface area contributed by atoms with Crippen molar-refractivity contribution >= 4 is 23.1 Å². The molecule has 0 aromatic heterocycles. The summed E-state index contributed by atoms with van der Waals surface area (Å²) in [5.74, 6) is -0.156. The topological polar surface area (TPSA) is 63.4 Å². The van der Waals surface area contributed by atoms with Gasteiger partial charge in [0.15, 0.2) is 5.78 Å². The summed E-state index contributed by atoms with van der Waals surface area (Å²) in [6.07, 6.45) is 0.0167. The van der Waals surface area contributed by atoms with E-state index in [0.717, 1.165) is 16.8 Å². The molecule has 0 atom stereocenters. The molecule has 1 fully saturated rings. The standard InChI is InChI=1S/C12H14N2O2/c1-7-4-11(8(2)3-10(7)13)14-6-9(15)5-12(14)16/h3-4H,5-6,13H2,1-2H3. The molecule has 1 aromatic carbocycles. The lowest BCUT2D eigenvalue weighted by molar-refractivity contribution is -0.121. The maximum atomic E-state index is 11.6.